The molecular weight excluding hydrogens is 322 g/mol. The van der Waals surface area contributed by atoms with Crippen LogP contribution in [0, 0.1) is 6.92 Å². The largest absolute Gasteiger partial charge is 0.268 e. The second kappa shape index (κ2) is 5.30. The van der Waals surface area contributed by atoms with Crippen LogP contribution in [0.15, 0.2) is 4.90 Å². The van der Waals surface area contributed by atoms with E-state index >= 15 is 0 Å². The molecule has 0 fully saturated rings. The summed E-state index contributed by atoms with van der Waals surface area (Å²) in [5.41, 5.74) is 0.332. The van der Waals surface area contributed by atoms with E-state index in [1.54, 1.807) is 14.0 Å². The minimum absolute atomic E-state index is 0.0389. The average molecular weight is 336 g/mol. The van der Waals surface area contributed by atoms with E-state index in [1.165, 1.54) is 4.68 Å². The van der Waals surface area contributed by atoms with Crippen molar-refractivity contribution in [2.45, 2.75) is 31.6 Å². The Hall–Kier alpha value is -1.19. The van der Waals surface area contributed by atoms with Gasteiger partial charge in [-0.05, 0) is 6.92 Å². The molecule has 0 aliphatic rings. The minimum atomic E-state index is -3.82. The van der Waals surface area contributed by atoms with Crippen LogP contribution >= 0.6 is 23.1 Å². The lowest BCUT2D eigenvalue weighted by Crippen LogP contribution is -2.14. The second-order valence-electron chi connectivity index (χ2n) is 4.55. The Kier molecular flexibility index (Phi) is 4.03. The van der Waals surface area contributed by atoms with E-state index < -0.39 is 10.0 Å². The van der Waals surface area contributed by atoms with Gasteiger partial charge in [-0.1, -0.05) is 25.4 Å². The first-order valence-corrected chi connectivity index (χ1v) is 8.41. The molecule has 0 amide bonds. The fourth-order valence-electron chi connectivity index (χ4n) is 1.59. The minimum Gasteiger partial charge on any atom is -0.255 e. The molecule has 110 valence electrons. The van der Waals surface area contributed by atoms with Crippen molar-refractivity contribution in [1.29, 1.82) is 0 Å². The van der Waals surface area contributed by atoms with Crippen molar-refractivity contribution in [3.8, 4) is 0 Å². The Labute approximate surface area is 126 Å². The highest BCUT2D eigenvalue weighted by atomic mass is 35.5. The smallest absolute Gasteiger partial charge is 0.255 e. The summed E-state index contributed by atoms with van der Waals surface area (Å²) in [4.78, 5) is 4.09. The number of sulfonamides is 1. The maximum absolute atomic E-state index is 12.3. The normalized spacial score (nSPS) is 12.1. The van der Waals surface area contributed by atoms with Crippen LogP contribution in [0.4, 0.5) is 5.13 Å². The standard InChI is InChI=1S/C10H14ClN5O2S2/c1-5(2)9-12-10(19-14-9)15-20(17,18)7-6(3)13-16(4)8(7)11/h5H,1-4H3,(H,12,14,15). The Morgan fingerprint density at radius 2 is 2.05 bits per heavy atom. The summed E-state index contributed by atoms with van der Waals surface area (Å²) in [5, 5.41) is 4.26. The van der Waals surface area contributed by atoms with Crippen LogP contribution in [0.1, 0.15) is 31.3 Å². The van der Waals surface area contributed by atoms with Crippen LogP contribution in [-0.2, 0) is 17.1 Å². The summed E-state index contributed by atoms with van der Waals surface area (Å²) in [6.45, 7) is 5.45. The van der Waals surface area contributed by atoms with Crippen molar-refractivity contribution < 1.29 is 8.42 Å². The highest BCUT2D eigenvalue weighted by molar-refractivity contribution is 7.93. The number of rotatable bonds is 4. The number of halogens is 1. The SMILES string of the molecule is Cc1nn(C)c(Cl)c1S(=O)(=O)Nc1nc(C(C)C)ns1. The van der Waals surface area contributed by atoms with Gasteiger partial charge in [-0.25, -0.2) is 13.4 Å². The van der Waals surface area contributed by atoms with E-state index in [2.05, 4.69) is 19.2 Å². The van der Waals surface area contributed by atoms with Gasteiger partial charge in [-0.3, -0.25) is 9.40 Å². The van der Waals surface area contributed by atoms with Gasteiger partial charge in [0, 0.05) is 24.5 Å². The van der Waals surface area contributed by atoms with Crippen molar-refractivity contribution in [2.75, 3.05) is 4.72 Å². The van der Waals surface area contributed by atoms with Gasteiger partial charge in [0.25, 0.3) is 10.0 Å². The van der Waals surface area contributed by atoms with E-state index in [9.17, 15) is 8.42 Å². The van der Waals surface area contributed by atoms with E-state index in [0.717, 1.165) is 11.5 Å². The molecule has 20 heavy (non-hydrogen) atoms. The topological polar surface area (TPSA) is 89.8 Å². The predicted molar refractivity (Wildman–Crippen MR) is 77.8 cm³/mol. The van der Waals surface area contributed by atoms with E-state index in [4.69, 9.17) is 11.6 Å². The molecule has 0 aliphatic carbocycles. The number of nitrogens with one attached hydrogen (secondary N) is 1. The third kappa shape index (κ3) is 2.79. The zero-order chi connectivity index (χ0) is 15.1. The number of hydrogen-bond acceptors (Lipinski definition) is 6. The molecule has 0 spiro atoms. The van der Waals surface area contributed by atoms with Gasteiger partial charge in [-0.2, -0.15) is 9.47 Å². The lowest BCUT2D eigenvalue weighted by atomic mass is 10.2. The van der Waals surface area contributed by atoms with Gasteiger partial charge in [0.05, 0.1) is 5.69 Å². The maximum Gasteiger partial charge on any atom is 0.268 e. The molecule has 10 heteroatoms. The Balaban J connectivity index is 2.35. The summed E-state index contributed by atoms with van der Waals surface area (Å²) in [5.74, 6) is 0.731. The lowest BCUT2D eigenvalue weighted by molar-refractivity contribution is 0.600. The van der Waals surface area contributed by atoms with Crippen LogP contribution in [0.2, 0.25) is 5.15 Å². The van der Waals surface area contributed by atoms with Gasteiger partial charge in [0.1, 0.15) is 15.9 Å². The van der Waals surface area contributed by atoms with Gasteiger partial charge in [0.2, 0.25) is 5.13 Å². The first-order valence-electron chi connectivity index (χ1n) is 5.78. The zero-order valence-electron chi connectivity index (χ0n) is 11.4. The summed E-state index contributed by atoms with van der Waals surface area (Å²) in [7, 11) is -2.24. The molecule has 0 aliphatic heterocycles. The first kappa shape index (κ1) is 15.2. The molecule has 7 nitrogen and oxygen atoms in total. The molecule has 0 unspecified atom stereocenters. The van der Waals surface area contributed by atoms with Crippen LogP contribution in [0.25, 0.3) is 0 Å². The summed E-state index contributed by atoms with van der Waals surface area (Å²) in [6.07, 6.45) is 0. The Bertz CT molecular complexity index is 735. The van der Waals surface area contributed by atoms with Gasteiger partial charge in [0.15, 0.2) is 0 Å². The van der Waals surface area contributed by atoms with Gasteiger partial charge < -0.3 is 0 Å². The molecule has 0 aromatic carbocycles. The van der Waals surface area contributed by atoms with E-state index in [1.807, 2.05) is 13.8 Å². The predicted octanol–water partition coefficient (Wildman–Crippen LogP) is 2.16. The molecule has 2 heterocycles. The summed E-state index contributed by atoms with van der Waals surface area (Å²) in [6, 6.07) is 0. The third-order valence-corrected chi connectivity index (χ3v) is 5.36. The maximum atomic E-state index is 12.3. The molecule has 0 saturated heterocycles. The van der Waals surface area contributed by atoms with E-state index in [-0.39, 0.29) is 21.1 Å². The Morgan fingerprint density at radius 1 is 1.40 bits per heavy atom. The fraction of sp³-hybridized carbons (Fsp3) is 0.500. The highest BCUT2D eigenvalue weighted by Gasteiger charge is 2.26. The van der Waals surface area contributed by atoms with Crippen molar-refractivity contribution in [1.82, 2.24) is 19.1 Å². The number of aromatic nitrogens is 4. The summed E-state index contributed by atoms with van der Waals surface area (Å²) < 4.78 is 32.4. The van der Waals surface area contributed by atoms with Crippen molar-refractivity contribution >= 4 is 38.3 Å². The Morgan fingerprint density at radius 3 is 2.50 bits per heavy atom. The highest BCUT2D eigenvalue weighted by Crippen LogP contribution is 2.27. The molecule has 0 saturated carbocycles. The first-order chi connectivity index (χ1) is 9.22. The quantitative estimate of drug-likeness (QED) is 0.924. The fourth-order valence-corrected chi connectivity index (χ4v) is 4.28. The van der Waals surface area contributed by atoms with Crippen LogP contribution < -0.4 is 4.72 Å². The van der Waals surface area contributed by atoms with Crippen molar-refractivity contribution in [3.05, 3.63) is 16.7 Å². The molecule has 2 aromatic rings. The lowest BCUT2D eigenvalue weighted by Gasteiger charge is -2.04. The zero-order valence-corrected chi connectivity index (χ0v) is 13.8. The number of anilines is 1. The van der Waals surface area contributed by atoms with Gasteiger partial charge >= 0.3 is 0 Å². The average Bonchev–Trinajstić information content (AvgIpc) is 2.84. The van der Waals surface area contributed by atoms with Crippen molar-refractivity contribution in [2.24, 2.45) is 7.05 Å². The van der Waals surface area contributed by atoms with E-state index in [0.29, 0.717) is 11.5 Å². The monoisotopic (exact) mass is 335 g/mol. The molecule has 2 aromatic heterocycles. The summed E-state index contributed by atoms with van der Waals surface area (Å²) >= 11 is 6.97. The number of aryl methyl sites for hydroxylation is 2. The molecule has 0 atom stereocenters. The molecular formula is C10H14ClN5O2S2. The van der Waals surface area contributed by atoms with Crippen LogP contribution in [-0.4, -0.2) is 27.6 Å². The van der Waals surface area contributed by atoms with Crippen LogP contribution in [0.5, 0.6) is 0 Å². The third-order valence-electron chi connectivity index (χ3n) is 2.55. The van der Waals surface area contributed by atoms with Crippen molar-refractivity contribution in [3.63, 3.8) is 0 Å². The second-order valence-corrected chi connectivity index (χ2v) is 7.28. The number of nitrogens with zero attached hydrogens (tertiary/aromatic N) is 4. The molecule has 1 N–H and O–H groups in total. The molecule has 0 radical (unpaired) electrons. The molecule has 2 rings (SSSR count). The number of hydrogen-bond donors (Lipinski definition) is 1. The van der Waals surface area contributed by atoms with Crippen LogP contribution in [0.3, 0.4) is 0 Å². The van der Waals surface area contributed by atoms with Gasteiger partial charge in [-0.15, -0.1) is 0 Å². The molecule has 0 bridgehead atoms.